The Bertz CT molecular complexity index is 921. The van der Waals surface area contributed by atoms with Crippen LogP contribution in [0.15, 0.2) is 59.3 Å². The van der Waals surface area contributed by atoms with Crippen LogP contribution in [0.1, 0.15) is 28.3 Å². The van der Waals surface area contributed by atoms with Gasteiger partial charge in [-0.05, 0) is 58.1 Å². The first-order chi connectivity index (χ1) is 12.7. The molecule has 0 saturated heterocycles. The summed E-state index contributed by atoms with van der Waals surface area (Å²) in [4.78, 5) is 11.4. The van der Waals surface area contributed by atoms with Crippen LogP contribution in [0.25, 0.3) is 11.1 Å². The predicted octanol–water partition coefficient (Wildman–Crippen LogP) is 5.09. The van der Waals surface area contributed by atoms with Crippen molar-refractivity contribution in [3.05, 3.63) is 70.4 Å². The van der Waals surface area contributed by atoms with Crippen molar-refractivity contribution in [1.82, 2.24) is 0 Å². The summed E-state index contributed by atoms with van der Waals surface area (Å²) < 4.78 is 5.89. The number of thiophene rings is 1. The van der Waals surface area contributed by atoms with Crippen LogP contribution in [0.2, 0.25) is 0 Å². The number of aromatic carboxylic acids is 1. The maximum absolute atomic E-state index is 11.4. The lowest BCUT2D eigenvalue weighted by Gasteiger charge is -2.27. The summed E-state index contributed by atoms with van der Waals surface area (Å²) >= 11 is 1.68. The number of rotatable bonds is 5. The number of anilines is 1. The van der Waals surface area contributed by atoms with Gasteiger partial charge in [0.25, 0.3) is 0 Å². The van der Waals surface area contributed by atoms with E-state index in [1.807, 2.05) is 12.1 Å². The van der Waals surface area contributed by atoms with Crippen LogP contribution in [0.4, 0.5) is 5.69 Å². The highest BCUT2D eigenvalue weighted by Gasteiger charge is 2.22. The molecule has 0 radical (unpaired) electrons. The quantitative estimate of drug-likeness (QED) is 0.661. The molecule has 1 aliphatic rings. The highest BCUT2D eigenvalue weighted by Crippen LogP contribution is 2.37. The zero-order valence-corrected chi connectivity index (χ0v) is 15.0. The van der Waals surface area contributed by atoms with Crippen LogP contribution in [0, 0.1) is 0 Å². The van der Waals surface area contributed by atoms with Gasteiger partial charge in [-0.2, -0.15) is 11.3 Å². The van der Waals surface area contributed by atoms with Gasteiger partial charge in [-0.1, -0.05) is 24.3 Å². The van der Waals surface area contributed by atoms with Crippen LogP contribution in [0.3, 0.4) is 0 Å². The molecule has 4 nitrogen and oxygen atoms in total. The number of benzene rings is 2. The smallest absolute Gasteiger partial charge is 0.337 e. The molecule has 1 aliphatic heterocycles. The Morgan fingerprint density at radius 3 is 2.88 bits per heavy atom. The topological polar surface area (TPSA) is 58.6 Å². The number of fused-ring (bicyclic) bond motifs is 1. The minimum Gasteiger partial charge on any atom is -0.493 e. The lowest BCUT2D eigenvalue weighted by molar-refractivity contribution is 0.0698. The average Bonchev–Trinajstić information content (AvgIpc) is 3.21. The maximum atomic E-state index is 11.4. The standard InChI is InChI=1S/C21H19NO3S/c23-21(24)18-3-1-2-4-19(18)22-12-15-7-9-25-20-11-14(5-6-17(15)20)16-8-10-26-13-16/h1-6,8,10-11,13,15,22H,7,9,12H2,(H,23,24)/t15-/m1/s1. The van der Waals surface area contributed by atoms with Gasteiger partial charge in [0, 0.05) is 18.2 Å². The summed E-state index contributed by atoms with van der Waals surface area (Å²) in [5.74, 6) is 0.302. The molecule has 2 heterocycles. The molecular formula is C21H19NO3S. The Labute approximate surface area is 156 Å². The first kappa shape index (κ1) is 16.7. The summed E-state index contributed by atoms with van der Waals surface area (Å²) in [7, 11) is 0. The van der Waals surface area contributed by atoms with Gasteiger partial charge in [0.15, 0.2) is 0 Å². The van der Waals surface area contributed by atoms with E-state index in [2.05, 4.69) is 40.3 Å². The van der Waals surface area contributed by atoms with Crippen LogP contribution in [-0.2, 0) is 0 Å². The van der Waals surface area contributed by atoms with Gasteiger partial charge in [-0.3, -0.25) is 0 Å². The summed E-state index contributed by atoms with van der Waals surface area (Å²) in [5.41, 5.74) is 4.50. The second kappa shape index (κ2) is 7.22. The van der Waals surface area contributed by atoms with E-state index in [-0.39, 0.29) is 5.92 Å². The molecule has 2 aromatic carbocycles. The Hall–Kier alpha value is -2.79. The van der Waals surface area contributed by atoms with E-state index in [4.69, 9.17) is 4.74 Å². The first-order valence-corrected chi connectivity index (χ1v) is 9.52. The number of carbonyl (C=O) groups is 1. The molecule has 0 aliphatic carbocycles. The fourth-order valence-corrected chi connectivity index (χ4v) is 4.01. The van der Waals surface area contributed by atoms with Crippen molar-refractivity contribution in [3.8, 4) is 16.9 Å². The average molecular weight is 365 g/mol. The molecule has 3 aromatic rings. The van der Waals surface area contributed by atoms with Crippen molar-refractivity contribution >= 4 is 23.0 Å². The molecule has 0 amide bonds. The first-order valence-electron chi connectivity index (χ1n) is 8.58. The SMILES string of the molecule is O=C(O)c1ccccc1NC[C@H]1CCOc2cc(-c3ccsc3)ccc21. The summed E-state index contributed by atoms with van der Waals surface area (Å²) in [6, 6.07) is 15.5. The molecule has 4 rings (SSSR count). The summed E-state index contributed by atoms with van der Waals surface area (Å²) in [6.07, 6.45) is 0.910. The molecule has 0 bridgehead atoms. The fourth-order valence-electron chi connectivity index (χ4n) is 3.34. The molecule has 26 heavy (non-hydrogen) atoms. The van der Waals surface area contributed by atoms with Gasteiger partial charge in [0.2, 0.25) is 0 Å². The van der Waals surface area contributed by atoms with E-state index in [0.717, 1.165) is 17.7 Å². The van der Waals surface area contributed by atoms with Crippen LogP contribution in [0.5, 0.6) is 5.75 Å². The molecule has 5 heteroatoms. The van der Waals surface area contributed by atoms with Crippen molar-refractivity contribution < 1.29 is 14.6 Å². The molecule has 0 saturated carbocycles. The van der Waals surface area contributed by atoms with E-state index in [1.54, 1.807) is 23.5 Å². The minimum absolute atomic E-state index is 0.289. The third-order valence-electron chi connectivity index (χ3n) is 4.73. The minimum atomic E-state index is -0.916. The molecule has 132 valence electrons. The number of ether oxygens (including phenoxy) is 1. The molecule has 0 fully saturated rings. The lowest BCUT2D eigenvalue weighted by Crippen LogP contribution is -2.21. The number of carboxylic acids is 1. The number of nitrogens with one attached hydrogen (secondary N) is 1. The third-order valence-corrected chi connectivity index (χ3v) is 5.41. The molecule has 0 unspecified atom stereocenters. The van der Waals surface area contributed by atoms with Crippen LogP contribution < -0.4 is 10.1 Å². The molecule has 0 spiro atoms. The van der Waals surface area contributed by atoms with Gasteiger partial charge in [0.05, 0.1) is 12.2 Å². The van der Waals surface area contributed by atoms with Gasteiger partial charge in [-0.25, -0.2) is 4.79 Å². The van der Waals surface area contributed by atoms with Gasteiger partial charge in [-0.15, -0.1) is 0 Å². The van der Waals surface area contributed by atoms with Crippen molar-refractivity contribution in [2.45, 2.75) is 12.3 Å². The van der Waals surface area contributed by atoms with E-state index < -0.39 is 5.97 Å². The number of hydrogen-bond acceptors (Lipinski definition) is 4. The predicted molar refractivity (Wildman–Crippen MR) is 104 cm³/mol. The Kier molecular flexibility index (Phi) is 4.63. The summed E-state index contributed by atoms with van der Waals surface area (Å²) in [6.45, 7) is 1.35. The van der Waals surface area contributed by atoms with E-state index in [0.29, 0.717) is 24.4 Å². The second-order valence-electron chi connectivity index (χ2n) is 6.33. The van der Waals surface area contributed by atoms with Crippen molar-refractivity contribution in [3.63, 3.8) is 0 Å². The lowest BCUT2D eigenvalue weighted by atomic mass is 9.91. The number of hydrogen-bond donors (Lipinski definition) is 2. The van der Waals surface area contributed by atoms with Gasteiger partial charge >= 0.3 is 5.97 Å². The molecular weight excluding hydrogens is 346 g/mol. The Morgan fingerprint density at radius 1 is 1.19 bits per heavy atom. The Balaban J connectivity index is 1.54. The molecule has 1 aromatic heterocycles. The number of carboxylic acid groups (broad SMARTS) is 1. The zero-order chi connectivity index (χ0) is 17.9. The van der Waals surface area contributed by atoms with E-state index in [9.17, 15) is 9.90 Å². The third kappa shape index (κ3) is 3.30. The Morgan fingerprint density at radius 2 is 2.08 bits per heavy atom. The van der Waals surface area contributed by atoms with Crippen molar-refractivity contribution in [2.75, 3.05) is 18.5 Å². The zero-order valence-electron chi connectivity index (χ0n) is 14.1. The van der Waals surface area contributed by atoms with Crippen LogP contribution in [-0.4, -0.2) is 24.2 Å². The number of para-hydroxylation sites is 1. The van der Waals surface area contributed by atoms with Crippen molar-refractivity contribution in [2.24, 2.45) is 0 Å². The second-order valence-corrected chi connectivity index (χ2v) is 7.11. The maximum Gasteiger partial charge on any atom is 0.337 e. The van der Waals surface area contributed by atoms with Gasteiger partial charge < -0.3 is 15.2 Å². The summed E-state index contributed by atoms with van der Waals surface area (Å²) in [5, 5.41) is 16.8. The van der Waals surface area contributed by atoms with E-state index >= 15 is 0 Å². The fraction of sp³-hybridized carbons (Fsp3) is 0.190. The highest BCUT2D eigenvalue weighted by atomic mass is 32.1. The van der Waals surface area contributed by atoms with Crippen molar-refractivity contribution in [1.29, 1.82) is 0 Å². The van der Waals surface area contributed by atoms with Crippen LogP contribution >= 0.6 is 11.3 Å². The van der Waals surface area contributed by atoms with E-state index in [1.165, 1.54) is 11.1 Å². The monoisotopic (exact) mass is 365 g/mol. The van der Waals surface area contributed by atoms with Gasteiger partial charge in [0.1, 0.15) is 5.75 Å². The molecule has 2 N–H and O–H groups in total. The normalized spacial score (nSPS) is 15.8. The highest BCUT2D eigenvalue weighted by molar-refractivity contribution is 7.08. The largest absolute Gasteiger partial charge is 0.493 e. The molecule has 1 atom stereocenters.